The first-order chi connectivity index (χ1) is 10.1. The fourth-order valence-corrected chi connectivity index (χ4v) is 2.10. The molecular weight excluding hydrogens is 260 g/mol. The molecule has 3 heteroatoms. The summed E-state index contributed by atoms with van der Waals surface area (Å²) in [6, 6.07) is 18.4. The molecule has 0 bridgehead atoms. The number of benzene rings is 2. The Morgan fingerprint density at radius 1 is 1.00 bits per heavy atom. The zero-order chi connectivity index (χ0) is 15.1. The van der Waals surface area contributed by atoms with Crippen LogP contribution in [0.25, 0.3) is 0 Å². The van der Waals surface area contributed by atoms with Crippen molar-refractivity contribution in [3.8, 4) is 0 Å². The molecule has 0 aliphatic carbocycles. The summed E-state index contributed by atoms with van der Waals surface area (Å²) in [7, 11) is 1.84. The molecule has 0 radical (unpaired) electrons. The van der Waals surface area contributed by atoms with Crippen molar-refractivity contribution in [2.75, 3.05) is 13.6 Å². The Kier molecular flexibility index (Phi) is 5.52. The third-order valence-electron chi connectivity index (χ3n) is 3.41. The molecule has 110 valence electrons. The normalized spacial score (nSPS) is 10.4. The summed E-state index contributed by atoms with van der Waals surface area (Å²) in [6.07, 6.45) is 0. The molecular formula is C18H22N2O. The quantitative estimate of drug-likeness (QED) is 0.883. The van der Waals surface area contributed by atoms with E-state index in [-0.39, 0.29) is 5.91 Å². The van der Waals surface area contributed by atoms with E-state index >= 15 is 0 Å². The number of nitrogens with zero attached hydrogens (tertiary/aromatic N) is 1. The van der Waals surface area contributed by atoms with Crippen LogP contribution in [0.1, 0.15) is 16.7 Å². The maximum absolute atomic E-state index is 12.1. The van der Waals surface area contributed by atoms with Crippen LogP contribution in [0.3, 0.4) is 0 Å². The Morgan fingerprint density at radius 3 is 2.33 bits per heavy atom. The van der Waals surface area contributed by atoms with E-state index in [2.05, 4.69) is 36.5 Å². The predicted octanol–water partition coefficient (Wildman–Crippen LogP) is 2.74. The minimum absolute atomic E-state index is 0.103. The van der Waals surface area contributed by atoms with Gasteiger partial charge in [0.05, 0.1) is 6.54 Å². The molecule has 1 amide bonds. The number of hydrogen-bond donors (Lipinski definition) is 1. The van der Waals surface area contributed by atoms with E-state index < -0.39 is 0 Å². The van der Waals surface area contributed by atoms with Gasteiger partial charge in [-0.15, -0.1) is 0 Å². The number of carbonyl (C=O) groups is 1. The van der Waals surface area contributed by atoms with Crippen LogP contribution in [0, 0.1) is 6.92 Å². The second-order valence-corrected chi connectivity index (χ2v) is 5.32. The van der Waals surface area contributed by atoms with E-state index in [0.717, 1.165) is 5.56 Å². The average molecular weight is 282 g/mol. The highest BCUT2D eigenvalue weighted by molar-refractivity contribution is 5.77. The van der Waals surface area contributed by atoms with Gasteiger partial charge in [-0.3, -0.25) is 4.79 Å². The van der Waals surface area contributed by atoms with E-state index in [1.54, 1.807) is 4.90 Å². The van der Waals surface area contributed by atoms with Crippen molar-refractivity contribution in [2.45, 2.75) is 20.0 Å². The molecule has 3 nitrogen and oxygen atoms in total. The van der Waals surface area contributed by atoms with Gasteiger partial charge in [0.2, 0.25) is 5.91 Å². The van der Waals surface area contributed by atoms with Crippen LogP contribution in [0.4, 0.5) is 0 Å². The topological polar surface area (TPSA) is 32.3 Å². The summed E-state index contributed by atoms with van der Waals surface area (Å²) in [5.74, 6) is 0.103. The van der Waals surface area contributed by atoms with Gasteiger partial charge in [-0.25, -0.2) is 0 Å². The largest absolute Gasteiger partial charge is 0.340 e. The maximum Gasteiger partial charge on any atom is 0.236 e. The van der Waals surface area contributed by atoms with Crippen LogP contribution in [0.2, 0.25) is 0 Å². The lowest BCUT2D eigenvalue weighted by Gasteiger charge is -2.17. The van der Waals surface area contributed by atoms with Gasteiger partial charge in [-0.2, -0.15) is 0 Å². The molecule has 0 fully saturated rings. The highest BCUT2D eigenvalue weighted by Gasteiger charge is 2.08. The first-order valence-corrected chi connectivity index (χ1v) is 7.19. The lowest BCUT2D eigenvalue weighted by Crippen LogP contribution is -2.34. The third kappa shape index (κ3) is 5.04. The van der Waals surface area contributed by atoms with E-state index in [1.807, 2.05) is 37.4 Å². The van der Waals surface area contributed by atoms with Gasteiger partial charge in [-0.05, 0) is 18.1 Å². The standard InChI is InChI=1S/C18H22N2O/c1-15-8-10-16(11-9-15)12-19-13-18(21)20(2)14-17-6-4-3-5-7-17/h3-11,19H,12-14H2,1-2H3. The molecule has 0 unspecified atom stereocenters. The number of amides is 1. The number of rotatable bonds is 6. The minimum Gasteiger partial charge on any atom is -0.340 e. The van der Waals surface area contributed by atoms with Gasteiger partial charge >= 0.3 is 0 Å². The van der Waals surface area contributed by atoms with Crippen molar-refractivity contribution >= 4 is 5.91 Å². The molecule has 2 rings (SSSR count). The predicted molar refractivity (Wildman–Crippen MR) is 85.8 cm³/mol. The second-order valence-electron chi connectivity index (χ2n) is 5.32. The first kappa shape index (κ1) is 15.3. The molecule has 0 saturated carbocycles. The van der Waals surface area contributed by atoms with Gasteiger partial charge in [0.25, 0.3) is 0 Å². The van der Waals surface area contributed by atoms with E-state index in [4.69, 9.17) is 0 Å². The summed E-state index contributed by atoms with van der Waals surface area (Å²) in [4.78, 5) is 13.8. The molecule has 0 saturated heterocycles. The fourth-order valence-electron chi connectivity index (χ4n) is 2.10. The second kappa shape index (κ2) is 7.60. The van der Waals surface area contributed by atoms with Crippen molar-refractivity contribution in [2.24, 2.45) is 0 Å². The molecule has 0 atom stereocenters. The first-order valence-electron chi connectivity index (χ1n) is 7.19. The Hall–Kier alpha value is -2.13. The van der Waals surface area contributed by atoms with Crippen molar-refractivity contribution in [3.05, 3.63) is 71.3 Å². The van der Waals surface area contributed by atoms with Crippen LogP contribution in [-0.4, -0.2) is 24.4 Å². The highest BCUT2D eigenvalue weighted by Crippen LogP contribution is 2.04. The lowest BCUT2D eigenvalue weighted by molar-refractivity contribution is -0.129. The molecule has 2 aromatic rings. The molecule has 0 spiro atoms. The monoisotopic (exact) mass is 282 g/mol. The zero-order valence-electron chi connectivity index (χ0n) is 12.7. The molecule has 1 N–H and O–H groups in total. The fraction of sp³-hybridized carbons (Fsp3) is 0.278. The Labute approximate surface area is 126 Å². The Morgan fingerprint density at radius 2 is 1.67 bits per heavy atom. The number of aryl methyl sites for hydroxylation is 1. The number of likely N-dealkylation sites (N-methyl/N-ethyl adjacent to an activating group) is 1. The molecule has 0 aliphatic rings. The van der Waals surface area contributed by atoms with E-state index in [1.165, 1.54) is 11.1 Å². The Balaban J connectivity index is 1.75. The van der Waals surface area contributed by atoms with Crippen LogP contribution >= 0.6 is 0 Å². The molecule has 0 heterocycles. The molecule has 0 aromatic heterocycles. The van der Waals surface area contributed by atoms with Gasteiger partial charge in [0.15, 0.2) is 0 Å². The summed E-state index contributed by atoms with van der Waals surface area (Å²) in [5.41, 5.74) is 3.59. The lowest BCUT2D eigenvalue weighted by atomic mass is 10.1. The van der Waals surface area contributed by atoms with Gasteiger partial charge in [0.1, 0.15) is 0 Å². The van der Waals surface area contributed by atoms with Crippen molar-refractivity contribution in [3.63, 3.8) is 0 Å². The van der Waals surface area contributed by atoms with Gasteiger partial charge < -0.3 is 10.2 Å². The summed E-state index contributed by atoms with van der Waals surface area (Å²) in [5, 5.41) is 3.20. The number of nitrogens with one attached hydrogen (secondary N) is 1. The van der Waals surface area contributed by atoms with Crippen molar-refractivity contribution < 1.29 is 4.79 Å². The van der Waals surface area contributed by atoms with Crippen LogP contribution in [0.15, 0.2) is 54.6 Å². The summed E-state index contributed by atoms with van der Waals surface area (Å²) in [6.45, 7) is 3.79. The SMILES string of the molecule is Cc1ccc(CNCC(=O)N(C)Cc2ccccc2)cc1. The molecule has 0 aliphatic heterocycles. The van der Waals surface area contributed by atoms with E-state index in [9.17, 15) is 4.79 Å². The number of hydrogen-bond acceptors (Lipinski definition) is 2. The van der Waals surface area contributed by atoms with E-state index in [0.29, 0.717) is 19.6 Å². The smallest absolute Gasteiger partial charge is 0.236 e. The average Bonchev–Trinajstić information content (AvgIpc) is 2.50. The number of carbonyl (C=O) groups excluding carboxylic acids is 1. The van der Waals surface area contributed by atoms with Crippen LogP contribution < -0.4 is 5.32 Å². The van der Waals surface area contributed by atoms with Gasteiger partial charge in [-0.1, -0.05) is 60.2 Å². The third-order valence-corrected chi connectivity index (χ3v) is 3.41. The van der Waals surface area contributed by atoms with Gasteiger partial charge in [0, 0.05) is 20.1 Å². The molecule has 21 heavy (non-hydrogen) atoms. The van der Waals surface area contributed by atoms with Crippen molar-refractivity contribution in [1.82, 2.24) is 10.2 Å². The minimum atomic E-state index is 0.103. The highest BCUT2D eigenvalue weighted by atomic mass is 16.2. The van der Waals surface area contributed by atoms with Crippen LogP contribution in [-0.2, 0) is 17.9 Å². The van der Waals surface area contributed by atoms with Crippen LogP contribution in [0.5, 0.6) is 0 Å². The maximum atomic E-state index is 12.1. The zero-order valence-corrected chi connectivity index (χ0v) is 12.7. The summed E-state index contributed by atoms with van der Waals surface area (Å²) >= 11 is 0. The van der Waals surface area contributed by atoms with Crippen molar-refractivity contribution in [1.29, 1.82) is 0 Å². The Bertz CT molecular complexity index is 564. The summed E-state index contributed by atoms with van der Waals surface area (Å²) < 4.78 is 0. The molecule has 2 aromatic carbocycles.